The zero-order valence-corrected chi connectivity index (χ0v) is 16.1. The van der Waals surface area contributed by atoms with E-state index in [2.05, 4.69) is 6.58 Å². The summed E-state index contributed by atoms with van der Waals surface area (Å²) in [4.78, 5) is 33.5. The Morgan fingerprint density at radius 3 is 2.15 bits per heavy atom. The molecule has 0 fully saturated rings. The van der Waals surface area contributed by atoms with Crippen molar-refractivity contribution in [2.75, 3.05) is 21.1 Å². The fourth-order valence-electron chi connectivity index (χ4n) is 1.96. The van der Waals surface area contributed by atoms with Gasteiger partial charge in [0.05, 0.1) is 27.1 Å². The van der Waals surface area contributed by atoms with Crippen molar-refractivity contribution in [2.24, 2.45) is 0 Å². The minimum atomic E-state index is -1.47. The van der Waals surface area contributed by atoms with Crippen LogP contribution in [0.5, 0.6) is 0 Å². The van der Waals surface area contributed by atoms with E-state index in [1.165, 1.54) is 13.0 Å². The molecule has 2 unspecified atom stereocenters. The molecule has 0 rings (SSSR count). The number of aliphatic hydroxyl groups is 1. The van der Waals surface area contributed by atoms with Crippen LogP contribution in [0.25, 0.3) is 0 Å². The van der Waals surface area contributed by atoms with Crippen molar-refractivity contribution < 1.29 is 38.9 Å². The number of hydrogen-bond acceptors (Lipinski definition) is 6. The van der Waals surface area contributed by atoms with Crippen LogP contribution in [-0.2, 0) is 19.1 Å². The highest BCUT2D eigenvalue weighted by Gasteiger charge is 2.32. The van der Waals surface area contributed by atoms with Crippen LogP contribution in [0.4, 0.5) is 0 Å². The monoisotopic (exact) mass is 391 g/mol. The number of rotatable bonds is 10. The van der Waals surface area contributed by atoms with Gasteiger partial charge in [-0.25, -0.2) is 9.59 Å². The van der Waals surface area contributed by atoms with Crippen molar-refractivity contribution in [1.29, 1.82) is 0 Å². The normalized spacial score (nSPS) is 14.3. The molecule has 0 aliphatic carbocycles. The lowest BCUT2D eigenvalue weighted by Gasteiger charge is -2.34. The van der Waals surface area contributed by atoms with E-state index in [4.69, 9.17) is 9.84 Å². The molecule has 0 amide bonds. The summed E-state index contributed by atoms with van der Waals surface area (Å²) in [5.74, 6) is -3.42. The minimum absolute atomic E-state index is 0. The molecule has 0 aromatic heterocycles. The number of quaternary nitrogens is 1. The number of aliphatic hydroxyl groups excluding tert-OH is 1. The number of carboxylic acids is 2. The summed E-state index contributed by atoms with van der Waals surface area (Å²) in [6.45, 7) is 5.05. The second-order valence-electron chi connectivity index (χ2n) is 6.42. The van der Waals surface area contributed by atoms with Crippen LogP contribution in [0.1, 0.15) is 19.8 Å². The van der Waals surface area contributed by atoms with Gasteiger partial charge in [-0.2, -0.15) is 0 Å². The van der Waals surface area contributed by atoms with Crippen molar-refractivity contribution >= 4 is 30.3 Å². The van der Waals surface area contributed by atoms with Crippen LogP contribution in [0.15, 0.2) is 36.0 Å². The summed E-state index contributed by atoms with van der Waals surface area (Å²) in [7, 11) is 5.24. The third-order valence-corrected chi connectivity index (χ3v) is 3.15. The lowest BCUT2D eigenvalue weighted by atomic mass is 10.1. The Morgan fingerprint density at radius 1 is 1.23 bits per heavy atom. The first-order valence-corrected chi connectivity index (χ1v) is 7.54. The van der Waals surface area contributed by atoms with Crippen LogP contribution >= 0.6 is 12.4 Å². The highest BCUT2D eigenvalue weighted by atomic mass is 35.5. The average Bonchev–Trinajstić information content (AvgIpc) is 2.45. The van der Waals surface area contributed by atoms with E-state index in [0.717, 1.165) is 12.2 Å². The second kappa shape index (κ2) is 11.5. The lowest BCUT2D eigenvalue weighted by Crippen LogP contribution is -2.53. The van der Waals surface area contributed by atoms with Gasteiger partial charge >= 0.3 is 11.9 Å². The number of esters is 1. The molecular formula is C17H26ClNO7. The van der Waals surface area contributed by atoms with Crippen molar-refractivity contribution in [1.82, 2.24) is 0 Å². The van der Waals surface area contributed by atoms with Gasteiger partial charge in [-0.3, -0.25) is 4.48 Å². The molecule has 0 spiro atoms. The Hall–Kier alpha value is -2.16. The summed E-state index contributed by atoms with van der Waals surface area (Å²) in [6.07, 6.45) is 1.20. The van der Waals surface area contributed by atoms with Gasteiger partial charge < -0.3 is 24.9 Å². The third kappa shape index (κ3) is 9.97. The molecule has 0 aromatic carbocycles. The number of nitrogens with zero attached hydrogens (tertiary/aromatic N) is 1. The summed E-state index contributed by atoms with van der Waals surface area (Å²) in [5.41, 5.74) is -0.176. The van der Waals surface area contributed by atoms with E-state index in [1.54, 1.807) is 21.1 Å². The molecule has 148 valence electrons. The standard InChI is InChI=1S/C17H25NO7.ClH/c1-11(17(24)25-15(12(2)19)18(3,4)5)9-10-13(16(22)23)7-6-8-14(20)21;/h6,8,10,12,15,19H,1,7,9H2,2-5H3,(H-,20,21,22,23);1H. The molecule has 2 N–H and O–H groups in total. The zero-order valence-electron chi connectivity index (χ0n) is 15.3. The van der Waals surface area contributed by atoms with E-state index >= 15 is 0 Å². The molecule has 9 heteroatoms. The summed E-state index contributed by atoms with van der Waals surface area (Å²) in [5, 5.41) is 29.2. The van der Waals surface area contributed by atoms with Gasteiger partial charge in [-0.05, 0) is 25.3 Å². The summed E-state index contributed by atoms with van der Waals surface area (Å²) in [6, 6.07) is 0. The SMILES string of the molecule is C=C(CC=C(CC=CC(=O)O)C(=O)[O-])C(=O)OC(C(C)O)[N+](C)(C)C.Cl. The molecule has 2 atom stereocenters. The fraction of sp³-hybridized carbons (Fsp3) is 0.471. The largest absolute Gasteiger partial charge is 0.545 e. The van der Waals surface area contributed by atoms with Crippen LogP contribution < -0.4 is 5.11 Å². The van der Waals surface area contributed by atoms with E-state index in [9.17, 15) is 24.6 Å². The molecule has 0 saturated carbocycles. The first kappa shape index (κ1) is 26.1. The molecular weight excluding hydrogens is 366 g/mol. The Kier molecular flexibility index (Phi) is 11.5. The van der Waals surface area contributed by atoms with E-state index in [-0.39, 0.29) is 40.9 Å². The van der Waals surface area contributed by atoms with E-state index in [0.29, 0.717) is 0 Å². The number of carbonyl (C=O) groups excluding carboxylic acids is 2. The van der Waals surface area contributed by atoms with Crippen LogP contribution in [-0.4, -0.2) is 66.1 Å². The Balaban J connectivity index is 0. The highest BCUT2D eigenvalue weighted by Crippen LogP contribution is 2.15. The Labute approximate surface area is 159 Å². The molecule has 0 aliphatic heterocycles. The van der Waals surface area contributed by atoms with Crippen LogP contribution in [0.2, 0.25) is 0 Å². The zero-order chi connectivity index (χ0) is 19.8. The molecule has 0 aromatic rings. The van der Waals surface area contributed by atoms with Gasteiger partial charge in [0.1, 0.15) is 6.10 Å². The van der Waals surface area contributed by atoms with Crippen molar-refractivity contribution in [3.05, 3.63) is 36.0 Å². The Bertz CT molecular complexity index is 588. The first-order chi connectivity index (χ1) is 11.4. The smallest absolute Gasteiger partial charge is 0.338 e. The fourth-order valence-corrected chi connectivity index (χ4v) is 1.96. The van der Waals surface area contributed by atoms with Gasteiger partial charge in [-0.1, -0.05) is 18.7 Å². The lowest BCUT2D eigenvalue weighted by molar-refractivity contribution is -0.920. The molecule has 0 radical (unpaired) electrons. The summed E-state index contributed by atoms with van der Waals surface area (Å²) >= 11 is 0. The maximum absolute atomic E-state index is 12.1. The number of likely N-dealkylation sites (N-methyl/N-ethyl adjacent to an activating group) is 1. The summed E-state index contributed by atoms with van der Waals surface area (Å²) < 4.78 is 5.42. The number of aliphatic carboxylic acids is 2. The molecule has 0 heterocycles. The average molecular weight is 392 g/mol. The molecule has 26 heavy (non-hydrogen) atoms. The maximum Gasteiger partial charge on any atom is 0.338 e. The third-order valence-electron chi connectivity index (χ3n) is 3.15. The van der Waals surface area contributed by atoms with Crippen molar-refractivity contribution in [2.45, 2.75) is 32.1 Å². The number of hydrogen-bond donors (Lipinski definition) is 2. The molecule has 0 aliphatic rings. The van der Waals surface area contributed by atoms with E-state index < -0.39 is 30.2 Å². The number of halogens is 1. The van der Waals surface area contributed by atoms with E-state index in [1.807, 2.05) is 0 Å². The highest BCUT2D eigenvalue weighted by molar-refractivity contribution is 5.89. The number of carboxylic acid groups (broad SMARTS) is 2. The topological polar surface area (TPSA) is 124 Å². The number of ether oxygens (including phenoxy) is 1. The number of carbonyl (C=O) groups is 3. The van der Waals surface area contributed by atoms with Gasteiger partial charge in [0, 0.05) is 11.6 Å². The maximum atomic E-state index is 12.1. The van der Waals surface area contributed by atoms with Gasteiger partial charge in [0.15, 0.2) is 0 Å². The Morgan fingerprint density at radius 2 is 1.77 bits per heavy atom. The first-order valence-electron chi connectivity index (χ1n) is 7.54. The second-order valence-corrected chi connectivity index (χ2v) is 6.42. The van der Waals surface area contributed by atoms with Crippen LogP contribution in [0.3, 0.4) is 0 Å². The molecule has 0 saturated heterocycles. The number of allylic oxidation sites excluding steroid dienone is 2. The predicted octanol–water partition coefficient (Wildman–Crippen LogP) is 0.0180. The molecule has 8 nitrogen and oxygen atoms in total. The van der Waals surface area contributed by atoms with Crippen molar-refractivity contribution in [3.8, 4) is 0 Å². The predicted molar refractivity (Wildman–Crippen MR) is 95.1 cm³/mol. The van der Waals surface area contributed by atoms with Crippen LogP contribution in [0, 0.1) is 0 Å². The minimum Gasteiger partial charge on any atom is -0.545 e. The van der Waals surface area contributed by atoms with Crippen molar-refractivity contribution in [3.63, 3.8) is 0 Å². The molecule has 0 bridgehead atoms. The van der Waals surface area contributed by atoms with Gasteiger partial charge in [0.25, 0.3) is 6.23 Å². The van der Waals surface area contributed by atoms with Gasteiger partial charge in [0.2, 0.25) is 0 Å². The van der Waals surface area contributed by atoms with Gasteiger partial charge in [-0.15, -0.1) is 12.4 Å². The quantitative estimate of drug-likeness (QED) is 0.233.